The molecule has 1 saturated heterocycles. The molecule has 0 radical (unpaired) electrons. The van der Waals surface area contributed by atoms with Gasteiger partial charge < -0.3 is 10.2 Å². The van der Waals surface area contributed by atoms with Crippen molar-refractivity contribution in [2.24, 2.45) is 0 Å². The summed E-state index contributed by atoms with van der Waals surface area (Å²) in [5, 5.41) is 3.42. The maximum atomic E-state index is 12.3. The molecule has 0 spiro atoms. The van der Waals surface area contributed by atoms with Crippen LogP contribution in [0.15, 0.2) is 28.7 Å². The van der Waals surface area contributed by atoms with Gasteiger partial charge in [0.25, 0.3) is 5.91 Å². The summed E-state index contributed by atoms with van der Waals surface area (Å²) in [5.74, 6) is 0.117. The van der Waals surface area contributed by atoms with Crippen LogP contribution in [0, 0.1) is 0 Å². The minimum absolute atomic E-state index is 0. The highest BCUT2D eigenvalue weighted by Crippen LogP contribution is 2.15. The number of nitrogens with zero attached hydrogens (tertiary/aromatic N) is 1. The minimum atomic E-state index is 0. The molecule has 1 amide bonds. The Morgan fingerprint density at radius 2 is 1.94 bits per heavy atom. The summed E-state index contributed by atoms with van der Waals surface area (Å²) in [5.41, 5.74) is 0.751. The lowest BCUT2D eigenvalue weighted by Crippen LogP contribution is -2.55. The summed E-state index contributed by atoms with van der Waals surface area (Å²) in [6, 6.07) is 8.28. The summed E-state index contributed by atoms with van der Waals surface area (Å²) < 4.78 is 0.944. The number of amides is 1. The number of halogens is 2. The number of hydrogen-bond donors (Lipinski definition) is 1. The molecule has 100 valence electrons. The van der Waals surface area contributed by atoms with E-state index in [1.54, 1.807) is 0 Å². The molecule has 1 aliphatic rings. The van der Waals surface area contributed by atoms with Crippen molar-refractivity contribution >= 4 is 34.2 Å². The molecule has 1 heterocycles. The monoisotopic (exact) mass is 332 g/mol. The standard InChI is InChI=1S/C13H17BrN2O.ClH/c1-9-7-16(8-10(2)15-9)13(17)11-4-3-5-12(14)6-11;/h3-6,9-10,15H,7-8H2,1-2H3;1H. The second-order valence-corrected chi connectivity index (χ2v) is 5.60. The Hall–Kier alpha value is -0.580. The Morgan fingerprint density at radius 1 is 1.33 bits per heavy atom. The number of rotatable bonds is 1. The third-order valence-electron chi connectivity index (χ3n) is 2.92. The Labute approximate surface area is 122 Å². The number of carbonyl (C=O) groups excluding carboxylic acids is 1. The molecule has 1 aliphatic heterocycles. The van der Waals surface area contributed by atoms with E-state index in [9.17, 15) is 4.79 Å². The van der Waals surface area contributed by atoms with Crippen LogP contribution >= 0.6 is 28.3 Å². The molecule has 0 aromatic heterocycles. The molecule has 2 unspecified atom stereocenters. The van der Waals surface area contributed by atoms with Gasteiger partial charge in [0.05, 0.1) is 0 Å². The van der Waals surface area contributed by atoms with E-state index < -0.39 is 0 Å². The van der Waals surface area contributed by atoms with Crippen LogP contribution in [0.3, 0.4) is 0 Å². The first-order chi connectivity index (χ1) is 8.06. The summed E-state index contributed by atoms with van der Waals surface area (Å²) in [6.07, 6.45) is 0. The molecule has 1 N–H and O–H groups in total. The first kappa shape index (κ1) is 15.5. The molecule has 2 atom stereocenters. The Kier molecular flexibility index (Phi) is 5.63. The van der Waals surface area contributed by atoms with E-state index >= 15 is 0 Å². The molecule has 18 heavy (non-hydrogen) atoms. The first-order valence-corrected chi connectivity index (χ1v) is 6.66. The second-order valence-electron chi connectivity index (χ2n) is 4.69. The summed E-state index contributed by atoms with van der Waals surface area (Å²) in [6.45, 7) is 5.76. The molecule has 2 rings (SSSR count). The van der Waals surface area contributed by atoms with Crippen LogP contribution in [-0.4, -0.2) is 36.0 Å². The van der Waals surface area contributed by atoms with Gasteiger partial charge in [0.15, 0.2) is 0 Å². The second kappa shape index (κ2) is 6.55. The van der Waals surface area contributed by atoms with Crippen molar-refractivity contribution in [3.05, 3.63) is 34.3 Å². The topological polar surface area (TPSA) is 32.3 Å². The van der Waals surface area contributed by atoms with Gasteiger partial charge >= 0.3 is 0 Å². The van der Waals surface area contributed by atoms with E-state index in [0.29, 0.717) is 12.1 Å². The van der Waals surface area contributed by atoms with Gasteiger partial charge in [-0.3, -0.25) is 4.79 Å². The van der Waals surface area contributed by atoms with Crippen LogP contribution in [-0.2, 0) is 0 Å². The SMILES string of the molecule is CC1CN(C(=O)c2cccc(Br)c2)CC(C)N1.Cl. The van der Waals surface area contributed by atoms with Gasteiger partial charge in [-0.25, -0.2) is 0 Å². The van der Waals surface area contributed by atoms with E-state index in [1.165, 1.54) is 0 Å². The van der Waals surface area contributed by atoms with E-state index in [4.69, 9.17) is 0 Å². The maximum Gasteiger partial charge on any atom is 0.253 e. The third kappa shape index (κ3) is 3.70. The molecular formula is C13H18BrClN2O. The van der Waals surface area contributed by atoms with Gasteiger partial charge in [0, 0.05) is 35.2 Å². The van der Waals surface area contributed by atoms with Crippen molar-refractivity contribution in [1.82, 2.24) is 10.2 Å². The Morgan fingerprint density at radius 3 is 2.50 bits per heavy atom. The van der Waals surface area contributed by atoms with Crippen molar-refractivity contribution in [3.63, 3.8) is 0 Å². The number of hydrogen-bond acceptors (Lipinski definition) is 2. The smallest absolute Gasteiger partial charge is 0.253 e. The minimum Gasteiger partial charge on any atom is -0.336 e. The summed E-state index contributed by atoms with van der Waals surface area (Å²) in [4.78, 5) is 14.2. The predicted molar refractivity (Wildman–Crippen MR) is 79.4 cm³/mol. The first-order valence-electron chi connectivity index (χ1n) is 5.87. The average molecular weight is 334 g/mol. The van der Waals surface area contributed by atoms with Gasteiger partial charge in [-0.15, -0.1) is 12.4 Å². The summed E-state index contributed by atoms with van der Waals surface area (Å²) in [7, 11) is 0. The fourth-order valence-electron chi connectivity index (χ4n) is 2.30. The van der Waals surface area contributed by atoms with Crippen LogP contribution in [0.4, 0.5) is 0 Å². The maximum absolute atomic E-state index is 12.3. The lowest BCUT2D eigenvalue weighted by molar-refractivity contribution is 0.0673. The van der Waals surface area contributed by atoms with E-state index in [0.717, 1.165) is 23.1 Å². The van der Waals surface area contributed by atoms with Gasteiger partial charge in [0.1, 0.15) is 0 Å². The number of nitrogens with one attached hydrogen (secondary N) is 1. The van der Waals surface area contributed by atoms with E-state index in [2.05, 4.69) is 35.1 Å². The van der Waals surface area contributed by atoms with Crippen molar-refractivity contribution in [1.29, 1.82) is 0 Å². The van der Waals surface area contributed by atoms with E-state index in [1.807, 2.05) is 29.2 Å². The van der Waals surface area contributed by atoms with Gasteiger partial charge in [0.2, 0.25) is 0 Å². The van der Waals surface area contributed by atoms with Gasteiger partial charge in [-0.1, -0.05) is 22.0 Å². The number of benzene rings is 1. The van der Waals surface area contributed by atoms with Gasteiger partial charge in [-0.2, -0.15) is 0 Å². The molecular weight excluding hydrogens is 316 g/mol. The van der Waals surface area contributed by atoms with E-state index in [-0.39, 0.29) is 18.3 Å². The summed E-state index contributed by atoms with van der Waals surface area (Å²) >= 11 is 3.40. The molecule has 0 saturated carbocycles. The quantitative estimate of drug-likeness (QED) is 0.857. The molecule has 1 aromatic rings. The molecule has 0 aliphatic carbocycles. The highest BCUT2D eigenvalue weighted by Gasteiger charge is 2.25. The largest absolute Gasteiger partial charge is 0.336 e. The zero-order chi connectivity index (χ0) is 12.4. The van der Waals surface area contributed by atoms with Crippen LogP contribution in [0.5, 0.6) is 0 Å². The Balaban J connectivity index is 0.00000162. The lowest BCUT2D eigenvalue weighted by atomic mass is 10.1. The fraction of sp³-hybridized carbons (Fsp3) is 0.462. The van der Waals surface area contributed by atoms with Crippen molar-refractivity contribution in [2.75, 3.05) is 13.1 Å². The van der Waals surface area contributed by atoms with Crippen molar-refractivity contribution in [3.8, 4) is 0 Å². The molecule has 5 heteroatoms. The Bertz CT molecular complexity index is 417. The fourth-order valence-corrected chi connectivity index (χ4v) is 2.70. The van der Waals surface area contributed by atoms with Crippen molar-refractivity contribution in [2.45, 2.75) is 25.9 Å². The zero-order valence-corrected chi connectivity index (χ0v) is 12.9. The van der Waals surface area contributed by atoms with Crippen LogP contribution in [0.1, 0.15) is 24.2 Å². The normalized spacial score (nSPS) is 23.4. The van der Waals surface area contributed by atoms with Gasteiger partial charge in [-0.05, 0) is 32.0 Å². The molecule has 0 bridgehead atoms. The number of carbonyl (C=O) groups is 1. The van der Waals surface area contributed by atoms with Crippen LogP contribution in [0.25, 0.3) is 0 Å². The predicted octanol–water partition coefficient (Wildman–Crippen LogP) is 2.69. The molecule has 1 fully saturated rings. The average Bonchev–Trinajstić information content (AvgIpc) is 2.26. The third-order valence-corrected chi connectivity index (χ3v) is 3.41. The molecule has 1 aromatic carbocycles. The lowest BCUT2D eigenvalue weighted by Gasteiger charge is -2.36. The highest BCUT2D eigenvalue weighted by molar-refractivity contribution is 9.10. The zero-order valence-electron chi connectivity index (χ0n) is 10.5. The highest BCUT2D eigenvalue weighted by atomic mass is 79.9. The van der Waals surface area contributed by atoms with Crippen molar-refractivity contribution < 1.29 is 4.79 Å². The molecule has 3 nitrogen and oxygen atoms in total. The van der Waals surface area contributed by atoms with Crippen LogP contribution < -0.4 is 5.32 Å². The van der Waals surface area contributed by atoms with Crippen LogP contribution in [0.2, 0.25) is 0 Å². The number of piperazine rings is 1.